The molecule has 0 fully saturated rings. The Morgan fingerprint density at radius 1 is 0.972 bits per heavy atom. The lowest BCUT2D eigenvalue weighted by Gasteiger charge is -2.12. The molecule has 36 heavy (non-hydrogen) atoms. The van der Waals surface area contributed by atoms with Crippen LogP contribution in [0.25, 0.3) is 16.7 Å². The highest BCUT2D eigenvalue weighted by atomic mass is 16.5. The monoisotopic (exact) mass is 478 g/mol. The van der Waals surface area contributed by atoms with Crippen molar-refractivity contribution in [3.8, 4) is 22.9 Å². The SMILES string of the molecule is Cc1cccc(COc2cccc(Oc3ccc(-n4c5c(c6ncnc(N)c64)C(C)OC5)cc3)c2)c1. The summed E-state index contributed by atoms with van der Waals surface area (Å²) in [6, 6.07) is 23.8. The van der Waals surface area contributed by atoms with Crippen LogP contribution in [0.4, 0.5) is 5.82 Å². The Morgan fingerprint density at radius 3 is 2.61 bits per heavy atom. The summed E-state index contributed by atoms with van der Waals surface area (Å²) in [6.07, 6.45) is 1.46. The Hall–Kier alpha value is -4.36. The number of hydrogen-bond donors (Lipinski definition) is 1. The first kappa shape index (κ1) is 22.1. The molecule has 1 aliphatic heterocycles. The highest BCUT2D eigenvalue weighted by Crippen LogP contribution is 2.41. The van der Waals surface area contributed by atoms with Gasteiger partial charge in [-0.2, -0.15) is 0 Å². The van der Waals surface area contributed by atoms with E-state index in [9.17, 15) is 0 Å². The van der Waals surface area contributed by atoms with Crippen molar-refractivity contribution >= 4 is 16.9 Å². The summed E-state index contributed by atoms with van der Waals surface area (Å²) in [5, 5.41) is 0. The van der Waals surface area contributed by atoms with Crippen LogP contribution in [-0.2, 0) is 18.0 Å². The molecule has 3 heterocycles. The Morgan fingerprint density at radius 2 is 1.78 bits per heavy atom. The quantitative estimate of drug-likeness (QED) is 0.309. The Kier molecular flexibility index (Phi) is 5.54. The highest BCUT2D eigenvalue weighted by Gasteiger charge is 2.30. The van der Waals surface area contributed by atoms with Crippen molar-refractivity contribution in [3.05, 3.63) is 102 Å². The fourth-order valence-electron chi connectivity index (χ4n) is 4.74. The number of aryl methyl sites for hydroxylation is 1. The van der Waals surface area contributed by atoms with Crippen LogP contribution < -0.4 is 15.2 Å². The molecule has 180 valence electrons. The summed E-state index contributed by atoms with van der Waals surface area (Å²) in [7, 11) is 0. The lowest BCUT2D eigenvalue weighted by Crippen LogP contribution is -2.03. The number of hydrogen-bond acceptors (Lipinski definition) is 6. The Balaban J connectivity index is 1.23. The van der Waals surface area contributed by atoms with E-state index in [1.54, 1.807) is 0 Å². The van der Waals surface area contributed by atoms with Crippen molar-refractivity contribution in [3.63, 3.8) is 0 Å². The topological polar surface area (TPSA) is 84.4 Å². The first-order valence-corrected chi connectivity index (χ1v) is 11.9. The normalized spacial score (nSPS) is 14.7. The van der Waals surface area contributed by atoms with E-state index in [1.807, 2.05) is 61.5 Å². The largest absolute Gasteiger partial charge is 0.489 e. The molecular formula is C29H26N4O3. The molecule has 2 N–H and O–H groups in total. The van der Waals surface area contributed by atoms with Gasteiger partial charge in [0.05, 0.1) is 18.4 Å². The van der Waals surface area contributed by atoms with Gasteiger partial charge in [0, 0.05) is 17.3 Å². The van der Waals surface area contributed by atoms with Gasteiger partial charge in [0.2, 0.25) is 0 Å². The van der Waals surface area contributed by atoms with Gasteiger partial charge in [0.1, 0.15) is 41.2 Å². The second-order valence-corrected chi connectivity index (χ2v) is 8.95. The summed E-state index contributed by atoms with van der Waals surface area (Å²) in [4.78, 5) is 8.72. The number of ether oxygens (including phenoxy) is 3. The molecule has 1 unspecified atom stereocenters. The van der Waals surface area contributed by atoms with Gasteiger partial charge >= 0.3 is 0 Å². The molecule has 2 aromatic heterocycles. The lowest BCUT2D eigenvalue weighted by molar-refractivity contribution is 0.0783. The number of nitrogen functional groups attached to an aromatic ring is 1. The van der Waals surface area contributed by atoms with Crippen LogP contribution in [0.15, 0.2) is 79.1 Å². The van der Waals surface area contributed by atoms with Crippen LogP contribution in [0.3, 0.4) is 0 Å². The molecule has 0 amide bonds. The van der Waals surface area contributed by atoms with Gasteiger partial charge in [-0.25, -0.2) is 9.97 Å². The van der Waals surface area contributed by atoms with Crippen molar-refractivity contribution in [1.82, 2.24) is 14.5 Å². The van der Waals surface area contributed by atoms with E-state index < -0.39 is 0 Å². The van der Waals surface area contributed by atoms with Crippen LogP contribution in [-0.4, -0.2) is 14.5 Å². The van der Waals surface area contributed by atoms with E-state index in [0.717, 1.165) is 45.0 Å². The molecule has 0 aliphatic carbocycles. The van der Waals surface area contributed by atoms with Gasteiger partial charge in [-0.15, -0.1) is 0 Å². The predicted octanol–water partition coefficient (Wildman–Crippen LogP) is 6.27. The van der Waals surface area contributed by atoms with Crippen molar-refractivity contribution < 1.29 is 14.2 Å². The van der Waals surface area contributed by atoms with Gasteiger partial charge in [0.25, 0.3) is 0 Å². The van der Waals surface area contributed by atoms with Gasteiger partial charge in [-0.1, -0.05) is 35.9 Å². The molecule has 6 rings (SSSR count). The van der Waals surface area contributed by atoms with E-state index in [0.29, 0.717) is 24.8 Å². The summed E-state index contributed by atoms with van der Waals surface area (Å²) >= 11 is 0. The number of benzene rings is 3. The third kappa shape index (κ3) is 4.03. The Bertz CT molecular complexity index is 1560. The van der Waals surface area contributed by atoms with Crippen molar-refractivity contribution in [2.45, 2.75) is 33.2 Å². The minimum absolute atomic E-state index is 0.0407. The molecule has 1 atom stereocenters. The number of rotatable bonds is 6. The van der Waals surface area contributed by atoms with E-state index in [2.05, 4.69) is 39.7 Å². The molecule has 0 radical (unpaired) electrons. The smallest absolute Gasteiger partial charge is 0.151 e. The van der Waals surface area contributed by atoms with Gasteiger partial charge in [0.15, 0.2) is 5.82 Å². The van der Waals surface area contributed by atoms with Gasteiger partial charge in [-0.05, 0) is 55.8 Å². The van der Waals surface area contributed by atoms with Crippen LogP contribution in [0.2, 0.25) is 0 Å². The van der Waals surface area contributed by atoms with E-state index >= 15 is 0 Å². The van der Waals surface area contributed by atoms with Crippen LogP contribution in [0.5, 0.6) is 17.2 Å². The summed E-state index contributed by atoms with van der Waals surface area (Å²) < 4.78 is 20.1. The number of nitrogens with zero attached hydrogens (tertiary/aromatic N) is 3. The lowest BCUT2D eigenvalue weighted by atomic mass is 10.1. The van der Waals surface area contributed by atoms with Crippen molar-refractivity contribution in [2.24, 2.45) is 0 Å². The summed E-state index contributed by atoms with van der Waals surface area (Å²) in [5.74, 6) is 2.63. The maximum atomic E-state index is 6.27. The number of nitrogens with two attached hydrogens (primary N) is 1. The van der Waals surface area contributed by atoms with Gasteiger partial charge < -0.3 is 24.5 Å². The molecule has 3 aromatic carbocycles. The minimum atomic E-state index is -0.0407. The van der Waals surface area contributed by atoms with Crippen LogP contribution in [0.1, 0.15) is 35.4 Å². The molecule has 0 spiro atoms. The molecule has 1 aliphatic rings. The fraction of sp³-hybridized carbons (Fsp3) is 0.172. The van der Waals surface area contributed by atoms with E-state index in [1.165, 1.54) is 11.9 Å². The second kappa shape index (κ2) is 9.02. The van der Waals surface area contributed by atoms with Crippen LogP contribution >= 0.6 is 0 Å². The van der Waals surface area contributed by atoms with Gasteiger partial charge in [-0.3, -0.25) is 0 Å². The molecule has 5 aromatic rings. The third-order valence-corrected chi connectivity index (χ3v) is 6.41. The van der Waals surface area contributed by atoms with Crippen molar-refractivity contribution in [2.75, 3.05) is 5.73 Å². The summed E-state index contributed by atoms with van der Waals surface area (Å²) in [6.45, 7) is 5.11. The fourth-order valence-corrected chi connectivity index (χ4v) is 4.74. The maximum absolute atomic E-state index is 6.27. The molecule has 0 bridgehead atoms. The molecule has 0 saturated carbocycles. The number of fused-ring (bicyclic) bond motifs is 3. The van der Waals surface area contributed by atoms with E-state index in [4.69, 9.17) is 19.9 Å². The molecule has 7 nitrogen and oxygen atoms in total. The molecule has 0 saturated heterocycles. The first-order valence-electron chi connectivity index (χ1n) is 11.9. The zero-order chi connectivity index (χ0) is 24.6. The van der Waals surface area contributed by atoms with Crippen molar-refractivity contribution in [1.29, 1.82) is 0 Å². The van der Waals surface area contributed by atoms with Crippen LogP contribution in [0, 0.1) is 6.92 Å². The summed E-state index contributed by atoms with van der Waals surface area (Å²) in [5.41, 5.74) is 13.3. The average Bonchev–Trinajstić information content (AvgIpc) is 3.42. The highest BCUT2D eigenvalue weighted by molar-refractivity contribution is 5.91. The molecular weight excluding hydrogens is 452 g/mol. The number of anilines is 1. The zero-order valence-corrected chi connectivity index (χ0v) is 20.1. The van der Waals surface area contributed by atoms with E-state index in [-0.39, 0.29) is 6.10 Å². The Labute approximate surface area is 209 Å². The zero-order valence-electron chi connectivity index (χ0n) is 20.1. The molecule has 7 heteroatoms. The predicted molar refractivity (Wildman–Crippen MR) is 139 cm³/mol. The maximum Gasteiger partial charge on any atom is 0.151 e. The number of aromatic nitrogens is 3. The standard InChI is InChI=1S/C29H26N4O3/c1-18-5-3-6-20(13-18)15-35-23-7-4-8-24(14-23)36-22-11-9-21(10-12-22)33-25-16-34-19(2)26(25)27-28(33)29(30)32-17-31-27/h3-14,17,19H,15-16H2,1-2H3,(H2,30,31,32). The minimum Gasteiger partial charge on any atom is -0.489 e. The third-order valence-electron chi connectivity index (χ3n) is 6.41. The first-order chi connectivity index (χ1) is 17.6. The second-order valence-electron chi connectivity index (χ2n) is 8.95. The average molecular weight is 479 g/mol.